The first-order valence-corrected chi connectivity index (χ1v) is 6.17. The van der Waals surface area contributed by atoms with E-state index in [1.54, 1.807) is 25.1 Å². The fourth-order valence-corrected chi connectivity index (χ4v) is 2.03. The second-order valence-corrected chi connectivity index (χ2v) is 4.59. The van der Waals surface area contributed by atoms with Crippen LogP contribution in [-0.2, 0) is 0 Å². The zero-order valence-corrected chi connectivity index (χ0v) is 10.9. The second-order valence-electron chi connectivity index (χ2n) is 4.59. The van der Waals surface area contributed by atoms with Crippen LogP contribution in [0.1, 0.15) is 5.56 Å². The highest BCUT2D eigenvalue weighted by molar-refractivity contribution is 5.92. The molecule has 0 spiro atoms. The van der Waals surface area contributed by atoms with Crippen molar-refractivity contribution in [1.82, 2.24) is 9.97 Å². The molecule has 1 aromatic heterocycles. The third-order valence-corrected chi connectivity index (χ3v) is 3.08. The number of anilines is 3. The summed E-state index contributed by atoms with van der Waals surface area (Å²) in [5.74, 6) is 0.417. The molecule has 0 amide bonds. The van der Waals surface area contributed by atoms with Crippen LogP contribution in [0.4, 0.5) is 21.6 Å². The van der Waals surface area contributed by atoms with Crippen LogP contribution in [0.5, 0.6) is 0 Å². The SMILES string of the molecule is Cc1cc(Nc2ncnc3ccc(N)cc23)ccc1F. The van der Waals surface area contributed by atoms with E-state index in [0.29, 0.717) is 17.1 Å². The lowest BCUT2D eigenvalue weighted by atomic mass is 10.2. The topological polar surface area (TPSA) is 63.8 Å². The molecule has 0 fully saturated rings. The number of nitrogen functional groups attached to an aromatic ring is 1. The molecule has 3 N–H and O–H groups in total. The van der Waals surface area contributed by atoms with Crippen molar-refractivity contribution in [2.24, 2.45) is 0 Å². The Morgan fingerprint density at radius 3 is 2.75 bits per heavy atom. The van der Waals surface area contributed by atoms with E-state index in [1.165, 1.54) is 12.4 Å². The standard InChI is InChI=1S/C15H13FN4/c1-9-6-11(3-4-13(9)16)20-15-12-7-10(17)2-5-14(12)18-8-19-15/h2-8H,17H2,1H3,(H,18,19,20). The van der Waals surface area contributed by atoms with Crippen LogP contribution in [0, 0.1) is 12.7 Å². The summed E-state index contributed by atoms with van der Waals surface area (Å²) in [6.45, 7) is 1.72. The smallest absolute Gasteiger partial charge is 0.141 e. The summed E-state index contributed by atoms with van der Waals surface area (Å²) in [7, 11) is 0. The summed E-state index contributed by atoms with van der Waals surface area (Å²) in [5, 5.41) is 4.00. The fourth-order valence-electron chi connectivity index (χ4n) is 2.03. The van der Waals surface area contributed by atoms with Gasteiger partial charge < -0.3 is 11.1 Å². The molecule has 0 radical (unpaired) electrons. The summed E-state index contributed by atoms with van der Waals surface area (Å²) in [6, 6.07) is 10.3. The van der Waals surface area contributed by atoms with E-state index in [2.05, 4.69) is 15.3 Å². The minimum atomic E-state index is -0.229. The van der Waals surface area contributed by atoms with Gasteiger partial charge in [0.15, 0.2) is 0 Å². The number of benzene rings is 2. The van der Waals surface area contributed by atoms with E-state index in [9.17, 15) is 4.39 Å². The van der Waals surface area contributed by atoms with Crippen LogP contribution in [-0.4, -0.2) is 9.97 Å². The van der Waals surface area contributed by atoms with Gasteiger partial charge in [0.2, 0.25) is 0 Å². The summed E-state index contributed by atoms with van der Waals surface area (Å²) >= 11 is 0. The molecule has 0 aliphatic rings. The summed E-state index contributed by atoms with van der Waals surface area (Å²) in [6.07, 6.45) is 1.48. The Morgan fingerprint density at radius 2 is 1.95 bits per heavy atom. The molecule has 1 heterocycles. The second kappa shape index (κ2) is 4.77. The molecule has 0 saturated heterocycles. The summed E-state index contributed by atoms with van der Waals surface area (Å²) in [5.41, 5.74) is 8.59. The van der Waals surface area contributed by atoms with Crippen LogP contribution >= 0.6 is 0 Å². The predicted octanol–water partition coefficient (Wildman–Crippen LogP) is 3.40. The van der Waals surface area contributed by atoms with Gasteiger partial charge in [0, 0.05) is 16.8 Å². The summed E-state index contributed by atoms with van der Waals surface area (Å²) < 4.78 is 13.3. The van der Waals surface area contributed by atoms with Crippen molar-refractivity contribution >= 4 is 28.1 Å². The molecule has 3 aromatic rings. The quantitative estimate of drug-likeness (QED) is 0.699. The first-order valence-electron chi connectivity index (χ1n) is 6.17. The van der Waals surface area contributed by atoms with Crippen molar-refractivity contribution in [3.63, 3.8) is 0 Å². The van der Waals surface area contributed by atoms with Gasteiger partial charge in [0.05, 0.1) is 5.52 Å². The number of nitrogens with one attached hydrogen (secondary N) is 1. The molecule has 4 nitrogen and oxygen atoms in total. The van der Waals surface area contributed by atoms with Gasteiger partial charge in [0.1, 0.15) is 18.0 Å². The van der Waals surface area contributed by atoms with Crippen LogP contribution in [0.25, 0.3) is 10.9 Å². The van der Waals surface area contributed by atoms with Crippen molar-refractivity contribution in [1.29, 1.82) is 0 Å². The Bertz CT molecular complexity index is 786. The Morgan fingerprint density at radius 1 is 1.10 bits per heavy atom. The largest absolute Gasteiger partial charge is 0.399 e. The maximum absolute atomic E-state index is 13.3. The first-order chi connectivity index (χ1) is 9.63. The molecule has 0 aliphatic heterocycles. The van der Waals surface area contributed by atoms with Gasteiger partial charge >= 0.3 is 0 Å². The number of halogens is 1. The third-order valence-electron chi connectivity index (χ3n) is 3.08. The number of hydrogen-bond acceptors (Lipinski definition) is 4. The zero-order valence-electron chi connectivity index (χ0n) is 10.9. The van der Waals surface area contributed by atoms with Crippen molar-refractivity contribution in [2.75, 3.05) is 11.1 Å². The van der Waals surface area contributed by atoms with Crippen LogP contribution in [0.2, 0.25) is 0 Å². The van der Waals surface area contributed by atoms with Gasteiger partial charge in [-0.1, -0.05) is 0 Å². The lowest BCUT2D eigenvalue weighted by Crippen LogP contribution is -1.97. The number of nitrogens with two attached hydrogens (primary N) is 1. The molecule has 0 atom stereocenters. The molecule has 100 valence electrons. The molecule has 20 heavy (non-hydrogen) atoms. The highest BCUT2D eigenvalue weighted by Gasteiger charge is 2.05. The number of nitrogens with zero attached hydrogens (tertiary/aromatic N) is 2. The van der Waals surface area contributed by atoms with Gasteiger partial charge in [-0.15, -0.1) is 0 Å². The maximum atomic E-state index is 13.3. The van der Waals surface area contributed by atoms with Crippen LogP contribution in [0.15, 0.2) is 42.7 Å². The Balaban J connectivity index is 2.05. The number of aromatic nitrogens is 2. The fraction of sp³-hybridized carbons (Fsp3) is 0.0667. The molecule has 5 heteroatoms. The molecule has 0 bridgehead atoms. The molecular weight excluding hydrogens is 255 g/mol. The van der Waals surface area contributed by atoms with E-state index in [0.717, 1.165) is 16.6 Å². The average Bonchev–Trinajstić information content (AvgIpc) is 2.44. The monoisotopic (exact) mass is 268 g/mol. The predicted molar refractivity (Wildman–Crippen MR) is 78.4 cm³/mol. The van der Waals surface area contributed by atoms with Crippen molar-refractivity contribution < 1.29 is 4.39 Å². The number of hydrogen-bond donors (Lipinski definition) is 2. The van der Waals surface area contributed by atoms with E-state index < -0.39 is 0 Å². The van der Waals surface area contributed by atoms with Crippen molar-refractivity contribution in [2.45, 2.75) is 6.92 Å². The number of aryl methyl sites for hydroxylation is 1. The minimum absolute atomic E-state index is 0.229. The van der Waals surface area contributed by atoms with E-state index in [-0.39, 0.29) is 5.82 Å². The first kappa shape index (κ1) is 12.3. The Labute approximate surface area is 115 Å². The normalized spacial score (nSPS) is 10.7. The lowest BCUT2D eigenvalue weighted by Gasteiger charge is -2.09. The average molecular weight is 268 g/mol. The molecule has 0 saturated carbocycles. The molecule has 3 rings (SSSR count). The molecular formula is C15H13FN4. The Kier molecular flexibility index (Phi) is 2.95. The maximum Gasteiger partial charge on any atom is 0.141 e. The summed E-state index contributed by atoms with van der Waals surface area (Å²) in [4.78, 5) is 8.41. The lowest BCUT2D eigenvalue weighted by molar-refractivity contribution is 0.619. The number of fused-ring (bicyclic) bond motifs is 1. The minimum Gasteiger partial charge on any atom is -0.399 e. The third kappa shape index (κ3) is 2.25. The zero-order chi connectivity index (χ0) is 14.1. The molecule has 0 unspecified atom stereocenters. The Hall–Kier alpha value is -2.69. The van der Waals surface area contributed by atoms with Gasteiger partial charge in [-0.05, 0) is 48.9 Å². The van der Waals surface area contributed by atoms with Gasteiger partial charge in [-0.25, -0.2) is 14.4 Å². The molecule has 2 aromatic carbocycles. The van der Waals surface area contributed by atoms with Crippen LogP contribution in [0.3, 0.4) is 0 Å². The van der Waals surface area contributed by atoms with Crippen LogP contribution < -0.4 is 11.1 Å². The van der Waals surface area contributed by atoms with Gasteiger partial charge in [-0.2, -0.15) is 0 Å². The molecule has 0 aliphatic carbocycles. The van der Waals surface area contributed by atoms with E-state index >= 15 is 0 Å². The highest BCUT2D eigenvalue weighted by atomic mass is 19.1. The van der Waals surface area contributed by atoms with E-state index in [4.69, 9.17) is 5.73 Å². The van der Waals surface area contributed by atoms with Gasteiger partial charge in [-0.3, -0.25) is 0 Å². The number of rotatable bonds is 2. The highest BCUT2D eigenvalue weighted by Crippen LogP contribution is 2.25. The van der Waals surface area contributed by atoms with Gasteiger partial charge in [0.25, 0.3) is 0 Å². The van der Waals surface area contributed by atoms with Crippen molar-refractivity contribution in [3.05, 3.63) is 54.1 Å². The van der Waals surface area contributed by atoms with Crippen molar-refractivity contribution in [3.8, 4) is 0 Å². The van der Waals surface area contributed by atoms with E-state index in [1.807, 2.05) is 12.1 Å².